The Balaban J connectivity index is 1.48. The predicted molar refractivity (Wildman–Crippen MR) is 178 cm³/mol. The van der Waals surface area contributed by atoms with E-state index < -0.39 is 99.1 Å². The zero-order valence-corrected chi connectivity index (χ0v) is 27.0. The summed E-state index contributed by atoms with van der Waals surface area (Å²) in [7, 11) is 2.76. The molecule has 0 spiro atoms. The average molecular weight is 687 g/mol. The molecule has 0 saturated heterocycles. The Morgan fingerprint density at radius 3 is 2.28 bits per heavy atom. The Morgan fingerprint density at radius 2 is 1.62 bits per heavy atom. The maximum Gasteiger partial charge on any atom is 0.323 e. The Hall–Kier alpha value is -5.77. The minimum absolute atomic E-state index is 0.148. The summed E-state index contributed by atoms with van der Waals surface area (Å²) in [5.74, 6) is -11.5. The molecule has 3 aliphatic rings. The van der Waals surface area contributed by atoms with Crippen molar-refractivity contribution in [3.05, 3.63) is 82.6 Å². The van der Waals surface area contributed by atoms with Crippen LogP contribution in [0.1, 0.15) is 30.6 Å². The molecule has 0 aliphatic heterocycles. The SMILES string of the molecule is CCC(=O)O[C@H]1[C@H]2C(=C(O)c3c(ccc(NC(=O)Nc4cccc5ccccc45)c3O)[C@@H]2O)C(=O)[C@]2(O)C(O)=C(C(N)=O)C(=O)C(N(C)C)[C@H]12. The number of ether oxygens (including phenoxy) is 1. The van der Waals surface area contributed by atoms with Crippen LogP contribution in [0.2, 0.25) is 0 Å². The van der Waals surface area contributed by atoms with Gasteiger partial charge in [0.1, 0.15) is 28.9 Å². The van der Waals surface area contributed by atoms with Gasteiger partial charge in [-0.25, -0.2) is 4.79 Å². The van der Waals surface area contributed by atoms with Crippen LogP contribution < -0.4 is 16.4 Å². The lowest BCUT2D eigenvalue weighted by molar-refractivity contribution is -0.189. The summed E-state index contributed by atoms with van der Waals surface area (Å²) in [6, 6.07) is 12.7. The van der Waals surface area contributed by atoms with Gasteiger partial charge < -0.3 is 46.6 Å². The molecule has 9 N–H and O–H groups in total. The van der Waals surface area contributed by atoms with Gasteiger partial charge in [0.15, 0.2) is 11.4 Å². The van der Waals surface area contributed by atoms with Gasteiger partial charge in [-0.1, -0.05) is 49.4 Å². The van der Waals surface area contributed by atoms with E-state index in [9.17, 15) is 49.5 Å². The highest BCUT2D eigenvalue weighted by Gasteiger charge is 2.70. The van der Waals surface area contributed by atoms with Crippen molar-refractivity contribution in [2.75, 3.05) is 24.7 Å². The van der Waals surface area contributed by atoms with E-state index in [-0.39, 0.29) is 17.7 Å². The lowest BCUT2D eigenvalue weighted by Gasteiger charge is -2.54. The van der Waals surface area contributed by atoms with Crippen LogP contribution in [0.4, 0.5) is 16.2 Å². The summed E-state index contributed by atoms with van der Waals surface area (Å²) in [5, 5.41) is 64.9. The number of primary amides is 1. The number of urea groups is 1. The number of phenols is 1. The number of esters is 1. The van der Waals surface area contributed by atoms with E-state index in [1.165, 1.54) is 38.1 Å². The number of nitrogens with zero attached hydrogens (tertiary/aromatic N) is 1. The topological polar surface area (TPSA) is 249 Å². The first-order chi connectivity index (χ1) is 23.6. The first kappa shape index (κ1) is 34.1. The van der Waals surface area contributed by atoms with Crippen LogP contribution >= 0.6 is 0 Å². The number of ketones is 2. The number of nitrogens with one attached hydrogen (secondary N) is 2. The van der Waals surface area contributed by atoms with Crippen LogP contribution in [-0.4, -0.2) is 91.7 Å². The summed E-state index contributed by atoms with van der Waals surface area (Å²) in [6.45, 7) is 1.45. The van der Waals surface area contributed by atoms with Crippen molar-refractivity contribution in [1.29, 1.82) is 0 Å². The highest BCUT2D eigenvalue weighted by molar-refractivity contribution is 6.24. The zero-order chi connectivity index (χ0) is 36.4. The highest BCUT2D eigenvalue weighted by atomic mass is 16.5. The van der Waals surface area contributed by atoms with Crippen LogP contribution in [-0.2, 0) is 23.9 Å². The lowest BCUT2D eigenvalue weighted by Crippen LogP contribution is -2.71. The van der Waals surface area contributed by atoms with Gasteiger partial charge in [0.05, 0.1) is 46.5 Å². The van der Waals surface area contributed by atoms with Gasteiger partial charge in [-0.3, -0.25) is 24.1 Å². The maximum atomic E-state index is 14.4. The smallest absolute Gasteiger partial charge is 0.323 e. The van der Waals surface area contributed by atoms with Gasteiger partial charge in [-0.2, -0.15) is 0 Å². The molecular formula is C35H34N4O11. The number of anilines is 2. The number of nitrogens with two attached hydrogens (primary N) is 1. The summed E-state index contributed by atoms with van der Waals surface area (Å²) in [4.78, 5) is 67.4. The molecule has 0 radical (unpaired) electrons. The minimum Gasteiger partial charge on any atom is -0.508 e. The number of hydrogen-bond donors (Lipinski definition) is 8. The van der Waals surface area contributed by atoms with Crippen molar-refractivity contribution in [3.63, 3.8) is 0 Å². The second kappa shape index (κ2) is 12.3. The third-order valence-corrected chi connectivity index (χ3v) is 9.57. The first-order valence-corrected chi connectivity index (χ1v) is 15.6. The summed E-state index contributed by atoms with van der Waals surface area (Å²) in [5.41, 5.74) is -0.0678. The summed E-state index contributed by atoms with van der Waals surface area (Å²) < 4.78 is 5.68. The van der Waals surface area contributed by atoms with Gasteiger partial charge in [0.25, 0.3) is 5.91 Å². The number of aliphatic hydroxyl groups is 4. The lowest BCUT2D eigenvalue weighted by atomic mass is 9.55. The number of fused-ring (bicyclic) bond motifs is 4. The molecule has 260 valence electrons. The molecule has 3 aromatic carbocycles. The van der Waals surface area contributed by atoms with Crippen LogP contribution in [0.25, 0.3) is 16.5 Å². The van der Waals surface area contributed by atoms with Crippen molar-refractivity contribution in [2.24, 2.45) is 17.6 Å². The Morgan fingerprint density at radius 1 is 0.960 bits per heavy atom. The molecule has 1 unspecified atom stereocenters. The van der Waals surface area contributed by atoms with Crippen molar-refractivity contribution < 1.29 is 54.2 Å². The molecule has 3 amide bonds. The van der Waals surface area contributed by atoms with Crippen LogP contribution in [0.15, 0.2) is 71.5 Å². The normalized spacial score (nSPS) is 25.9. The highest BCUT2D eigenvalue weighted by Crippen LogP contribution is 2.57. The van der Waals surface area contributed by atoms with E-state index in [1.54, 1.807) is 24.3 Å². The standard InChI is InChI=1S/C35H34N4O11/c1-4-19(40)50-30-21-22(31(45)35(49)24(30)25(39(2)3)29(44)23(32(35)46)33(36)47)28(43)20-16(26(21)41)12-13-18(27(20)42)38-34(48)37-17-11-7-9-14-8-5-6-10-15(14)17/h5-13,21,24-26,30,41-43,46,49H,4H2,1-3H3,(H2,36,47)(H2,37,38,48)/t21-,24+,25?,26-,30-,35-/m0/s1. The van der Waals surface area contributed by atoms with Gasteiger partial charge >= 0.3 is 12.0 Å². The number of carbonyl (C=O) groups excluding carboxylic acids is 5. The first-order valence-electron chi connectivity index (χ1n) is 15.6. The number of Topliss-reactive ketones (excluding diaryl/α,β-unsaturated/α-hetero) is 2. The quantitative estimate of drug-likeness (QED) is 0.106. The molecule has 15 nitrogen and oxygen atoms in total. The average Bonchev–Trinajstić information content (AvgIpc) is 3.06. The Labute approximate surface area is 284 Å². The summed E-state index contributed by atoms with van der Waals surface area (Å²) >= 11 is 0. The molecule has 6 rings (SSSR count). The van der Waals surface area contributed by atoms with Crippen LogP contribution in [0, 0.1) is 11.8 Å². The molecule has 0 bridgehead atoms. The molecular weight excluding hydrogens is 652 g/mol. The van der Waals surface area contributed by atoms with Crippen molar-refractivity contribution >= 4 is 57.4 Å². The molecule has 3 aromatic rings. The number of benzene rings is 3. The molecule has 0 heterocycles. The number of aliphatic hydroxyl groups excluding tert-OH is 3. The van der Waals surface area contributed by atoms with Crippen molar-refractivity contribution in [3.8, 4) is 5.75 Å². The monoisotopic (exact) mass is 686 g/mol. The predicted octanol–water partition coefficient (Wildman–Crippen LogP) is 2.18. The van der Waals surface area contributed by atoms with Gasteiger partial charge in [-0.05, 0) is 37.2 Å². The molecule has 0 aromatic heterocycles. The third kappa shape index (κ3) is 4.97. The number of aromatic hydroxyl groups is 1. The number of hydrogen-bond acceptors (Lipinski definition) is 12. The van der Waals surface area contributed by atoms with Gasteiger partial charge in [-0.15, -0.1) is 0 Å². The van der Waals surface area contributed by atoms with Crippen molar-refractivity contribution in [2.45, 2.75) is 37.2 Å². The molecule has 1 saturated carbocycles. The third-order valence-electron chi connectivity index (χ3n) is 9.57. The molecule has 3 aliphatic carbocycles. The second-order valence-corrected chi connectivity index (χ2v) is 12.6. The maximum absolute atomic E-state index is 14.4. The van der Waals surface area contributed by atoms with Gasteiger partial charge in [0.2, 0.25) is 5.78 Å². The number of rotatable bonds is 6. The number of amides is 3. The zero-order valence-electron chi connectivity index (χ0n) is 27.0. The number of likely N-dealkylation sites (N-methyl/N-ethyl adjacent to an activating group) is 1. The van der Waals surface area contributed by atoms with Crippen LogP contribution in [0.3, 0.4) is 0 Å². The fourth-order valence-corrected chi connectivity index (χ4v) is 7.35. The fraction of sp³-hybridized carbons (Fsp3) is 0.286. The largest absolute Gasteiger partial charge is 0.508 e. The van der Waals surface area contributed by atoms with Crippen molar-refractivity contribution in [1.82, 2.24) is 4.90 Å². The summed E-state index contributed by atoms with van der Waals surface area (Å²) in [6.07, 6.45) is -3.79. The molecule has 15 heteroatoms. The van der Waals surface area contributed by atoms with E-state index >= 15 is 0 Å². The van der Waals surface area contributed by atoms with E-state index in [2.05, 4.69) is 10.6 Å². The van der Waals surface area contributed by atoms with Crippen LogP contribution in [0.5, 0.6) is 5.75 Å². The van der Waals surface area contributed by atoms with Gasteiger partial charge in [0, 0.05) is 11.8 Å². The fourth-order valence-electron chi connectivity index (χ4n) is 7.35. The minimum atomic E-state index is -3.17. The Bertz CT molecular complexity index is 2070. The van der Waals surface area contributed by atoms with E-state index in [0.717, 1.165) is 10.8 Å². The second-order valence-electron chi connectivity index (χ2n) is 12.6. The Kier molecular flexibility index (Phi) is 8.38. The van der Waals surface area contributed by atoms with E-state index in [0.29, 0.717) is 5.69 Å². The van der Waals surface area contributed by atoms with E-state index in [1.807, 2.05) is 18.2 Å². The van der Waals surface area contributed by atoms with E-state index in [4.69, 9.17) is 10.5 Å². The molecule has 1 fully saturated rings. The molecule has 50 heavy (non-hydrogen) atoms. The molecule has 6 atom stereocenters. The number of carbonyl (C=O) groups is 5. The number of phenolic OH excluding ortho intramolecular Hbond substituents is 1.